The summed E-state index contributed by atoms with van der Waals surface area (Å²) in [6, 6.07) is 8.54. The van der Waals surface area contributed by atoms with E-state index in [2.05, 4.69) is 26.6 Å². The van der Waals surface area contributed by atoms with Crippen LogP contribution in [0.15, 0.2) is 45.5 Å². The normalized spacial score (nSPS) is 10.0. The summed E-state index contributed by atoms with van der Waals surface area (Å²) in [5.41, 5.74) is 0.107. The van der Waals surface area contributed by atoms with Crippen LogP contribution in [0.4, 0.5) is 20.8 Å². The number of para-hydroxylation sites is 1. The molecule has 0 aliphatic carbocycles. The Balaban J connectivity index is 2.01. The molecule has 88 valence electrons. The number of furan rings is 1. The summed E-state index contributed by atoms with van der Waals surface area (Å²) in [6.45, 7) is 0. The highest BCUT2D eigenvalue weighted by molar-refractivity contribution is 9.10. The lowest BCUT2D eigenvalue weighted by Gasteiger charge is -2.05. The second-order valence-corrected chi connectivity index (χ2v) is 3.94. The minimum Gasteiger partial charge on any atom is -0.434 e. The molecule has 0 radical (unpaired) electrons. The Kier molecular flexibility index (Phi) is 3.43. The summed E-state index contributed by atoms with van der Waals surface area (Å²) in [4.78, 5) is 11.5. The van der Waals surface area contributed by atoms with Crippen LogP contribution in [0, 0.1) is 5.82 Å². The maximum absolute atomic E-state index is 13.2. The van der Waals surface area contributed by atoms with E-state index in [0.29, 0.717) is 4.67 Å². The van der Waals surface area contributed by atoms with Crippen molar-refractivity contribution < 1.29 is 13.6 Å². The number of nitrogens with one attached hydrogen (secondary N) is 2. The molecule has 0 saturated heterocycles. The van der Waals surface area contributed by atoms with Gasteiger partial charge in [-0.05, 0) is 34.1 Å². The zero-order valence-electron chi connectivity index (χ0n) is 8.54. The molecule has 2 amide bonds. The molecule has 0 bridgehead atoms. The van der Waals surface area contributed by atoms with E-state index in [0.717, 1.165) is 0 Å². The number of rotatable bonds is 2. The van der Waals surface area contributed by atoms with Crippen molar-refractivity contribution in [1.29, 1.82) is 0 Å². The molecule has 2 aromatic rings. The molecule has 0 saturated carbocycles. The summed E-state index contributed by atoms with van der Waals surface area (Å²) >= 11 is 3.10. The lowest BCUT2D eigenvalue weighted by molar-refractivity contribution is 0.261. The van der Waals surface area contributed by atoms with Gasteiger partial charge in [0.2, 0.25) is 5.88 Å². The maximum atomic E-state index is 13.2. The smallest absolute Gasteiger partial charge is 0.326 e. The molecule has 6 heteroatoms. The highest BCUT2D eigenvalue weighted by Crippen LogP contribution is 2.19. The van der Waals surface area contributed by atoms with Gasteiger partial charge in [0.15, 0.2) is 4.67 Å². The van der Waals surface area contributed by atoms with Gasteiger partial charge in [-0.15, -0.1) is 0 Å². The summed E-state index contributed by atoms with van der Waals surface area (Å²) in [7, 11) is 0. The van der Waals surface area contributed by atoms with E-state index in [-0.39, 0.29) is 11.6 Å². The first-order valence-corrected chi connectivity index (χ1v) is 5.52. The third kappa shape index (κ3) is 3.07. The topological polar surface area (TPSA) is 54.3 Å². The fourth-order valence-electron chi connectivity index (χ4n) is 1.21. The van der Waals surface area contributed by atoms with Crippen molar-refractivity contribution in [2.45, 2.75) is 0 Å². The maximum Gasteiger partial charge on any atom is 0.326 e. The van der Waals surface area contributed by atoms with Gasteiger partial charge in [0.05, 0.1) is 5.69 Å². The summed E-state index contributed by atoms with van der Waals surface area (Å²) in [6.07, 6.45) is 0. The average molecular weight is 299 g/mol. The summed E-state index contributed by atoms with van der Waals surface area (Å²) in [5, 5.41) is 4.79. The van der Waals surface area contributed by atoms with Crippen LogP contribution in [0.25, 0.3) is 0 Å². The fraction of sp³-hybridized carbons (Fsp3) is 0. The van der Waals surface area contributed by atoms with Crippen molar-refractivity contribution in [2.75, 3.05) is 10.6 Å². The van der Waals surface area contributed by atoms with Crippen molar-refractivity contribution in [3.63, 3.8) is 0 Å². The molecule has 2 rings (SSSR count). The minimum absolute atomic E-state index is 0.107. The van der Waals surface area contributed by atoms with Crippen LogP contribution in [-0.2, 0) is 0 Å². The van der Waals surface area contributed by atoms with Crippen molar-refractivity contribution in [3.05, 3.63) is 46.9 Å². The van der Waals surface area contributed by atoms with Gasteiger partial charge in [0, 0.05) is 6.07 Å². The number of hydrogen-bond acceptors (Lipinski definition) is 2. The number of anilines is 2. The fourth-order valence-corrected chi connectivity index (χ4v) is 1.52. The minimum atomic E-state index is -0.572. The van der Waals surface area contributed by atoms with Crippen LogP contribution in [-0.4, -0.2) is 6.03 Å². The quantitative estimate of drug-likeness (QED) is 0.885. The largest absolute Gasteiger partial charge is 0.434 e. The molecule has 1 aromatic carbocycles. The van der Waals surface area contributed by atoms with E-state index in [1.165, 1.54) is 12.1 Å². The Morgan fingerprint density at radius 1 is 1.18 bits per heavy atom. The van der Waals surface area contributed by atoms with E-state index in [1.54, 1.807) is 24.3 Å². The van der Waals surface area contributed by atoms with Crippen molar-refractivity contribution in [3.8, 4) is 0 Å². The number of halogens is 2. The Morgan fingerprint density at radius 2 is 1.94 bits per heavy atom. The number of carbonyl (C=O) groups is 1. The molecule has 1 aromatic heterocycles. The number of urea groups is 1. The first-order chi connectivity index (χ1) is 8.15. The van der Waals surface area contributed by atoms with Gasteiger partial charge in [-0.3, -0.25) is 5.32 Å². The van der Waals surface area contributed by atoms with E-state index >= 15 is 0 Å². The molecular formula is C11H8BrFN2O2. The van der Waals surface area contributed by atoms with Crippen molar-refractivity contribution >= 4 is 33.5 Å². The molecule has 17 heavy (non-hydrogen) atoms. The molecule has 0 atom stereocenters. The predicted octanol–water partition coefficient (Wildman–Crippen LogP) is 3.83. The lowest BCUT2D eigenvalue weighted by atomic mass is 10.3. The number of benzene rings is 1. The van der Waals surface area contributed by atoms with Gasteiger partial charge in [0.1, 0.15) is 5.82 Å². The van der Waals surface area contributed by atoms with Gasteiger partial charge in [-0.1, -0.05) is 12.1 Å². The van der Waals surface area contributed by atoms with Crippen molar-refractivity contribution in [1.82, 2.24) is 0 Å². The molecule has 0 unspecified atom stereocenters. The third-order valence-corrected chi connectivity index (χ3v) is 2.36. The van der Waals surface area contributed by atoms with Gasteiger partial charge >= 0.3 is 6.03 Å². The van der Waals surface area contributed by atoms with Crippen LogP contribution in [0.5, 0.6) is 0 Å². The second-order valence-electron chi connectivity index (χ2n) is 3.16. The van der Waals surface area contributed by atoms with Crippen LogP contribution in [0.3, 0.4) is 0 Å². The van der Waals surface area contributed by atoms with Crippen LogP contribution in [0.1, 0.15) is 0 Å². The summed E-state index contributed by atoms with van der Waals surface area (Å²) < 4.78 is 18.8. The van der Waals surface area contributed by atoms with Gasteiger partial charge in [-0.2, -0.15) is 0 Å². The average Bonchev–Trinajstić information content (AvgIpc) is 2.67. The lowest BCUT2D eigenvalue weighted by Crippen LogP contribution is -2.19. The predicted molar refractivity (Wildman–Crippen MR) is 65.4 cm³/mol. The second kappa shape index (κ2) is 5.01. The Labute approximate surface area is 105 Å². The third-order valence-electron chi connectivity index (χ3n) is 1.93. The highest BCUT2D eigenvalue weighted by atomic mass is 79.9. The molecule has 0 fully saturated rings. The molecule has 0 aliphatic rings. The Hall–Kier alpha value is -1.82. The van der Waals surface area contributed by atoms with Gasteiger partial charge in [-0.25, -0.2) is 9.18 Å². The van der Waals surface area contributed by atoms with Crippen LogP contribution >= 0.6 is 15.9 Å². The molecule has 0 aliphatic heterocycles. The first-order valence-electron chi connectivity index (χ1n) is 4.73. The highest BCUT2D eigenvalue weighted by Gasteiger charge is 2.08. The van der Waals surface area contributed by atoms with Gasteiger partial charge < -0.3 is 9.73 Å². The van der Waals surface area contributed by atoms with Gasteiger partial charge in [0.25, 0.3) is 0 Å². The Morgan fingerprint density at radius 3 is 2.59 bits per heavy atom. The SMILES string of the molecule is O=C(Nc1ccc(Br)o1)Nc1ccccc1F. The van der Waals surface area contributed by atoms with Crippen LogP contribution in [0.2, 0.25) is 0 Å². The van der Waals surface area contributed by atoms with E-state index in [4.69, 9.17) is 4.42 Å². The Bertz CT molecular complexity index is 542. The summed E-state index contributed by atoms with van der Waals surface area (Å²) in [5.74, 6) is -0.228. The standard InChI is InChI=1S/C11H8BrFN2O2/c12-9-5-6-10(17-9)15-11(16)14-8-4-2-1-3-7(8)13/h1-6H,(H2,14,15,16). The van der Waals surface area contributed by atoms with E-state index in [9.17, 15) is 9.18 Å². The molecule has 4 nitrogen and oxygen atoms in total. The number of amides is 2. The number of hydrogen-bond donors (Lipinski definition) is 2. The first kappa shape index (κ1) is 11.7. The van der Waals surface area contributed by atoms with E-state index < -0.39 is 11.8 Å². The zero-order chi connectivity index (χ0) is 12.3. The molecule has 0 spiro atoms. The van der Waals surface area contributed by atoms with E-state index in [1.807, 2.05) is 0 Å². The zero-order valence-corrected chi connectivity index (χ0v) is 10.1. The monoisotopic (exact) mass is 298 g/mol. The molecular weight excluding hydrogens is 291 g/mol. The van der Waals surface area contributed by atoms with Crippen LogP contribution < -0.4 is 10.6 Å². The van der Waals surface area contributed by atoms with Crippen molar-refractivity contribution in [2.24, 2.45) is 0 Å². The number of carbonyl (C=O) groups excluding carboxylic acids is 1. The molecule has 2 N–H and O–H groups in total. The molecule has 1 heterocycles.